The Kier molecular flexibility index (Phi) is 7.57. The number of aromatic nitrogens is 1. The monoisotopic (exact) mass is 415 g/mol. The van der Waals surface area contributed by atoms with Crippen molar-refractivity contribution in [3.63, 3.8) is 0 Å². The van der Waals surface area contributed by atoms with Gasteiger partial charge in [-0.15, -0.1) is 0 Å². The summed E-state index contributed by atoms with van der Waals surface area (Å²) < 4.78 is 5.08. The van der Waals surface area contributed by atoms with E-state index in [0.29, 0.717) is 29.2 Å². The minimum Gasteiger partial charge on any atom is -0.456 e. The maximum absolute atomic E-state index is 12.2. The molecule has 8 heteroatoms. The van der Waals surface area contributed by atoms with Crippen LogP contribution < -0.4 is 5.56 Å². The van der Waals surface area contributed by atoms with Crippen LogP contribution in [0.2, 0.25) is 5.02 Å². The SMILES string of the molecule is Cc1[nH]c(=O)c(C#N)c(C)c1CCC(=O)OCC(=O)N(C)Cc1ccc(Cl)cc1. The van der Waals surface area contributed by atoms with Gasteiger partial charge < -0.3 is 14.6 Å². The summed E-state index contributed by atoms with van der Waals surface area (Å²) in [4.78, 5) is 40.0. The van der Waals surface area contributed by atoms with Crippen molar-refractivity contribution in [1.82, 2.24) is 9.88 Å². The number of carbonyl (C=O) groups excluding carboxylic acids is 2. The summed E-state index contributed by atoms with van der Waals surface area (Å²) in [6.07, 6.45) is 0.337. The molecule has 0 aliphatic carbocycles. The molecule has 7 nitrogen and oxygen atoms in total. The van der Waals surface area contributed by atoms with E-state index < -0.39 is 11.5 Å². The van der Waals surface area contributed by atoms with Crippen LogP contribution >= 0.6 is 11.6 Å². The van der Waals surface area contributed by atoms with Crippen molar-refractivity contribution in [2.24, 2.45) is 0 Å². The van der Waals surface area contributed by atoms with Crippen LogP contribution in [0.4, 0.5) is 0 Å². The van der Waals surface area contributed by atoms with Crippen molar-refractivity contribution < 1.29 is 14.3 Å². The molecular formula is C21H22ClN3O4. The molecule has 1 amide bonds. The summed E-state index contributed by atoms with van der Waals surface area (Å²) >= 11 is 5.84. The molecule has 0 saturated carbocycles. The van der Waals surface area contributed by atoms with E-state index in [9.17, 15) is 14.4 Å². The molecule has 1 heterocycles. The summed E-state index contributed by atoms with van der Waals surface area (Å²) in [5, 5.41) is 9.72. The van der Waals surface area contributed by atoms with Crippen LogP contribution in [0.3, 0.4) is 0 Å². The largest absolute Gasteiger partial charge is 0.456 e. The number of ether oxygens (including phenoxy) is 1. The van der Waals surface area contributed by atoms with Gasteiger partial charge in [-0.1, -0.05) is 23.7 Å². The van der Waals surface area contributed by atoms with Gasteiger partial charge in [-0.3, -0.25) is 14.4 Å². The van der Waals surface area contributed by atoms with E-state index in [1.165, 1.54) is 4.90 Å². The molecule has 0 aliphatic heterocycles. The van der Waals surface area contributed by atoms with Crippen LogP contribution in [0.15, 0.2) is 29.1 Å². The number of H-pyrrole nitrogens is 1. The normalized spacial score (nSPS) is 10.3. The molecule has 152 valence electrons. The number of benzene rings is 1. The Morgan fingerprint density at radius 1 is 1.24 bits per heavy atom. The number of carbonyl (C=O) groups is 2. The third-order valence-corrected chi connectivity index (χ3v) is 4.87. The van der Waals surface area contributed by atoms with Gasteiger partial charge in [0.05, 0.1) is 0 Å². The summed E-state index contributed by atoms with van der Waals surface area (Å²) in [6, 6.07) is 9.01. The first-order valence-corrected chi connectivity index (χ1v) is 9.37. The number of nitriles is 1. The first-order valence-electron chi connectivity index (χ1n) is 8.99. The van der Waals surface area contributed by atoms with Gasteiger partial charge in [0.2, 0.25) is 0 Å². The quantitative estimate of drug-likeness (QED) is 0.700. The lowest BCUT2D eigenvalue weighted by molar-refractivity contribution is -0.151. The summed E-state index contributed by atoms with van der Waals surface area (Å²) in [5.74, 6) is -0.849. The lowest BCUT2D eigenvalue weighted by atomic mass is 9.99. The number of aryl methyl sites for hydroxylation is 1. The first-order chi connectivity index (χ1) is 13.7. The molecule has 2 aromatic rings. The van der Waals surface area contributed by atoms with Crippen molar-refractivity contribution in [1.29, 1.82) is 5.26 Å². The van der Waals surface area contributed by atoms with Gasteiger partial charge in [-0.25, -0.2) is 0 Å². The van der Waals surface area contributed by atoms with Crippen LogP contribution in [0.25, 0.3) is 0 Å². The number of halogens is 1. The topological polar surface area (TPSA) is 103 Å². The highest BCUT2D eigenvalue weighted by Gasteiger charge is 2.16. The molecule has 0 unspecified atom stereocenters. The number of esters is 1. The predicted octanol–water partition coefficient (Wildman–Crippen LogP) is 2.65. The predicted molar refractivity (Wildman–Crippen MR) is 108 cm³/mol. The standard InChI is InChI=1S/C21H22ClN3O4/c1-13-17(14(2)24-21(28)18(13)10-23)8-9-20(27)29-12-19(26)25(3)11-15-4-6-16(22)7-5-15/h4-7H,8-9,11-12H2,1-3H3,(H,24,28). The third kappa shape index (κ3) is 5.93. The smallest absolute Gasteiger partial charge is 0.306 e. The van der Waals surface area contributed by atoms with Crippen LogP contribution in [0, 0.1) is 25.2 Å². The molecule has 0 saturated heterocycles. The zero-order valence-corrected chi connectivity index (χ0v) is 17.3. The van der Waals surface area contributed by atoms with Crippen molar-refractivity contribution in [2.75, 3.05) is 13.7 Å². The highest BCUT2D eigenvalue weighted by Crippen LogP contribution is 2.15. The average molecular weight is 416 g/mol. The number of rotatable bonds is 7. The van der Waals surface area contributed by atoms with Crippen LogP contribution in [0.1, 0.15) is 34.4 Å². The van der Waals surface area contributed by atoms with E-state index >= 15 is 0 Å². The molecule has 29 heavy (non-hydrogen) atoms. The van der Waals surface area contributed by atoms with Crippen molar-refractivity contribution in [3.8, 4) is 6.07 Å². The van der Waals surface area contributed by atoms with Gasteiger partial charge in [0, 0.05) is 30.7 Å². The summed E-state index contributed by atoms with van der Waals surface area (Å²) in [6.45, 7) is 3.42. The fourth-order valence-electron chi connectivity index (χ4n) is 2.92. The van der Waals surface area contributed by atoms with E-state index in [2.05, 4.69) is 4.98 Å². The zero-order chi connectivity index (χ0) is 21.6. The Balaban J connectivity index is 1.87. The van der Waals surface area contributed by atoms with E-state index in [0.717, 1.165) is 11.1 Å². The van der Waals surface area contributed by atoms with E-state index in [1.807, 2.05) is 18.2 Å². The van der Waals surface area contributed by atoms with Crippen LogP contribution in [0.5, 0.6) is 0 Å². The van der Waals surface area contributed by atoms with Gasteiger partial charge in [0.15, 0.2) is 6.61 Å². The molecule has 0 radical (unpaired) electrons. The summed E-state index contributed by atoms with van der Waals surface area (Å²) in [5.41, 5.74) is 2.40. The minimum atomic E-state index is -0.526. The molecule has 0 bridgehead atoms. The maximum Gasteiger partial charge on any atom is 0.306 e. The van der Waals surface area contributed by atoms with Gasteiger partial charge in [0.1, 0.15) is 11.6 Å². The van der Waals surface area contributed by atoms with Crippen molar-refractivity contribution >= 4 is 23.5 Å². The number of nitrogens with zero attached hydrogens (tertiary/aromatic N) is 2. The molecular weight excluding hydrogens is 394 g/mol. The molecule has 1 aromatic heterocycles. The summed E-state index contributed by atoms with van der Waals surface area (Å²) in [7, 11) is 1.63. The lowest BCUT2D eigenvalue weighted by Gasteiger charge is -2.17. The Morgan fingerprint density at radius 2 is 1.90 bits per heavy atom. The van der Waals surface area contributed by atoms with Crippen molar-refractivity contribution in [3.05, 3.63) is 67.6 Å². The molecule has 0 spiro atoms. The van der Waals surface area contributed by atoms with Gasteiger partial charge in [-0.2, -0.15) is 5.26 Å². The van der Waals surface area contributed by atoms with Crippen LogP contribution in [-0.4, -0.2) is 35.4 Å². The first kappa shape index (κ1) is 22.2. The van der Waals surface area contributed by atoms with E-state index in [4.69, 9.17) is 21.6 Å². The molecule has 2 rings (SSSR count). The van der Waals surface area contributed by atoms with E-state index in [1.54, 1.807) is 33.0 Å². The number of nitrogens with one attached hydrogen (secondary N) is 1. The Labute approximate surface area is 173 Å². The molecule has 1 aromatic carbocycles. The second-order valence-corrected chi connectivity index (χ2v) is 7.14. The highest BCUT2D eigenvalue weighted by atomic mass is 35.5. The molecule has 0 fully saturated rings. The molecule has 0 atom stereocenters. The van der Waals surface area contributed by atoms with E-state index in [-0.39, 0.29) is 24.5 Å². The zero-order valence-electron chi connectivity index (χ0n) is 16.5. The fourth-order valence-corrected chi connectivity index (χ4v) is 3.05. The van der Waals surface area contributed by atoms with Crippen molar-refractivity contribution in [2.45, 2.75) is 33.2 Å². The second-order valence-electron chi connectivity index (χ2n) is 6.71. The minimum absolute atomic E-state index is 0.0345. The molecule has 1 N–H and O–H groups in total. The number of pyridine rings is 1. The Bertz CT molecular complexity index is 1010. The third-order valence-electron chi connectivity index (χ3n) is 4.61. The number of amides is 1. The highest BCUT2D eigenvalue weighted by molar-refractivity contribution is 6.30. The van der Waals surface area contributed by atoms with Gasteiger partial charge in [-0.05, 0) is 49.1 Å². The average Bonchev–Trinajstić information content (AvgIpc) is 2.67. The molecule has 0 aliphatic rings. The fraction of sp³-hybridized carbons (Fsp3) is 0.333. The lowest BCUT2D eigenvalue weighted by Crippen LogP contribution is -2.30. The van der Waals surface area contributed by atoms with Crippen LogP contribution in [-0.2, 0) is 27.3 Å². The van der Waals surface area contributed by atoms with Gasteiger partial charge >= 0.3 is 5.97 Å². The number of likely N-dealkylation sites (N-methyl/N-ethyl adjacent to an activating group) is 1. The Hall–Kier alpha value is -3.11. The number of aromatic amines is 1. The number of hydrogen-bond donors (Lipinski definition) is 1. The van der Waals surface area contributed by atoms with Gasteiger partial charge in [0.25, 0.3) is 11.5 Å². The Morgan fingerprint density at radius 3 is 2.52 bits per heavy atom. The maximum atomic E-state index is 12.2. The number of hydrogen-bond acceptors (Lipinski definition) is 5. The second kappa shape index (κ2) is 9.89.